The average Bonchev–Trinajstić information content (AvgIpc) is 3.06. The number of hydrogen-bond donors (Lipinski definition) is 0. The molecule has 0 spiro atoms. The van der Waals surface area contributed by atoms with Crippen molar-refractivity contribution in [1.29, 1.82) is 0 Å². The van der Waals surface area contributed by atoms with Crippen LogP contribution in [0.25, 0.3) is 0 Å². The average molecular weight is 516 g/mol. The van der Waals surface area contributed by atoms with Crippen molar-refractivity contribution in [2.24, 2.45) is 0 Å². The van der Waals surface area contributed by atoms with Crippen LogP contribution in [-0.4, -0.2) is 52.7 Å². The summed E-state index contributed by atoms with van der Waals surface area (Å²) in [5, 5.41) is 0.462. The Bertz CT molecular complexity index is 1180. The highest BCUT2D eigenvalue weighted by Gasteiger charge is 2.23. The smallest absolute Gasteiger partial charge is 0.255 e. The fourth-order valence-corrected chi connectivity index (χ4v) is 4.30. The predicted octanol–water partition coefficient (Wildman–Crippen LogP) is 5.03. The highest BCUT2D eigenvalue weighted by molar-refractivity contribution is 9.10. The summed E-state index contributed by atoms with van der Waals surface area (Å²) < 4.78 is 0.749. The second-order valence-electron chi connectivity index (χ2n) is 7.61. The molecule has 1 aliphatic rings. The predicted molar refractivity (Wildman–Crippen MR) is 131 cm³/mol. The maximum Gasteiger partial charge on any atom is 0.255 e. The van der Waals surface area contributed by atoms with E-state index in [-0.39, 0.29) is 13.1 Å². The van der Waals surface area contributed by atoms with E-state index in [9.17, 15) is 9.59 Å². The lowest BCUT2D eigenvalue weighted by Gasteiger charge is -2.23. The number of carbonyl (C=O) groups excluding carboxylic acids is 2. The second kappa shape index (κ2) is 9.79. The van der Waals surface area contributed by atoms with Crippen molar-refractivity contribution in [3.63, 3.8) is 0 Å². The van der Waals surface area contributed by atoms with Crippen LogP contribution >= 0.6 is 27.5 Å². The van der Waals surface area contributed by atoms with Crippen LogP contribution in [0.4, 0.5) is 5.82 Å². The standard InChI is InChI=1S/C24H22BrClN4O2.H2/c1-16-19(14-17(25)15-27-16)23(31)21-8-4-9-22(28-21)29-10-5-11-30(13-12-29)24(32)18-6-2-3-7-20(18)26;/h2-4,6-9,14-15H,5,10-13H2,1H3;1H. The molecule has 1 amide bonds. The molecule has 6 nitrogen and oxygen atoms in total. The van der Waals surface area contributed by atoms with Crippen LogP contribution < -0.4 is 4.90 Å². The molecule has 0 bridgehead atoms. The molecule has 0 N–H and O–H groups in total. The Labute approximate surface area is 201 Å². The van der Waals surface area contributed by atoms with Crippen LogP contribution in [0.5, 0.6) is 0 Å². The fourth-order valence-electron chi connectivity index (χ4n) is 3.76. The van der Waals surface area contributed by atoms with Crippen molar-refractivity contribution in [3.05, 3.63) is 86.7 Å². The highest BCUT2D eigenvalue weighted by Crippen LogP contribution is 2.21. The molecule has 4 rings (SSSR count). The van der Waals surface area contributed by atoms with Crippen LogP contribution in [-0.2, 0) is 0 Å². The Kier molecular flexibility index (Phi) is 6.86. The molecule has 0 saturated carbocycles. The molecule has 1 aromatic carbocycles. The monoisotopic (exact) mass is 514 g/mol. The zero-order chi connectivity index (χ0) is 22.7. The van der Waals surface area contributed by atoms with Crippen LogP contribution in [0, 0.1) is 6.92 Å². The molecule has 1 fully saturated rings. The van der Waals surface area contributed by atoms with Crippen molar-refractivity contribution in [2.75, 3.05) is 31.1 Å². The second-order valence-corrected chi connectivity index (χ2v) is 8.93. The number of anilines is 1. The summed E-state index contributed by atoms with van der Waals surface area (Å²) >= 11 is 9.59. The van der Waals surface area contributed by atoms with Crippen molar-refractivity contribution in [3.8, 4) is 0 Å². The van der Waals surface area contributed by atoms with Gasteiger partial charge in [0.1, 0.15) is 11.5 Å². The number of ketones is 1. The molecule has 0 radical (unpaired) electrons. The minimum Gasteiger partial charge on any atom is -0.355 e. The SMILES string of the molecule is Cc1ncc(Br)cc1C(=O)c1cccc(N2CCCN(C(=O)c3ccccc3Cl)CC2)n1.[HH]. The summed E-state index contributed by atoms with van der Waals surface area (Å²) in [5.74, 6) is 0.499. The molecule has 3 aromatic rings. The maximum absolute atomic E-state index is 13.0. The van der Waals surface area contributed by atoms with Gasteiger partial charge in [-0.05, 0) is 59.6 Å². The van der Waals surface area contributed by atoms with E-state index in [0.717, 1.165) is 23.3 Å². The zero-order valence-electron chi connectivity index (χ0n) is 17.6. The van der Waals surface area contributed by atoms with Gasteiger partial charge in [0, 0.05) is 49.5 Å². The topological polar surface area (TPSA) is 66.4 Å². The minimum atomic E-state index is -0.163. The van der Waals surface area contributed by atoms with Crippen molar-refractivity contribution >= 4 is 45.0 Å². The lowest BCUT2D eigenvalue weighted by atomic mass is 10.1. The number of benzene rings is 1. The molecule has 1 aliphatic heterocycles. The van der Waals surface area contributed by atoms with Crippen LogP contribution in [0.2, 0.25) is 5.02 Å². The first-order valence-corrected chi connectivity index (χ1v) is 11.5. The van der Waals surface area contributed by atoms with E-state index < -0.39 is 0 Å². The van der Waals surface area contributed by atoms with Gasteiger partial charge in [-0.25, -0.2) is 4.98 Å². The number of aromatic nitrogens is 2. The number of pyridine rings is 2. The number of halogens is 2. The Hall–Kier alpha value is -2.77. The van der Waals surface area contributed by atoms with Gasteiger partial charge in [-0.3, -0.25) is 14.6 Å². The van der Waals surface area contributed by atoms with Crippen molar-refractivity contribution < 1.29 is 11.0 Å². The van der Waals surface area contributed by atoms with E-state index in [1.807, 2.05) is 36.1 Å². The summed E-state index contributed by atoms with van der Waals surface area (Å²) in [5.41, 5.74) is 2.08. The minimum absolute atomic E-state index is 0. The molecule has 0 aliphatic carbocycles. The molecule has 32 heavy (non-hydrogen) atoms. The fraction of sp³-hybridized carbons (Fsp3) is 0.250. The number of aryl methyl sites for hydroxylation is 1. The van der Waals surface area contributed by atoms with Gasteiger partial charge in [0.05, 0.1) is 10.6 Å². The summed E-state index contributed by atoms with van der Waals surface area (Å²) in [6, 6.07) is 14.3. The lowest BCUT2D eigenvalue weighted by Crippen LogP contribution is -2.35. The Morgan fingerprint density at radius 1 is 1.03 bits per heavy atom. The van der Waals surface area contributed by atoms with E-state index >= 15 is 0 Å². The number of hydrogen-bond acceptors (Lipinski definition) is 5. The van der Waals surface area contributed by atoms with Gasteiger partial charge in [0.25, 0.3) is 5.91 Å². The van der Waals surface area contributed by atoms with Gasteiger partial charge in [-0.1, -0.05) is 29.8 Å². The number of carbonyl (C=O) groups is 2. The first-order valence-electron chi connectivity index (χ1n) is 10.4. The third-order valence-electron chi connectivity index (χ3n) is 5.48. The largest absolute Gasteiger partial charge is 0.355 e. The van der Waals surface area contributed by atoms with E-state index in [1.54, 1.807) is 30.5 Å². The van der Waals surface area contributed by atoms with E-state index in [1.165, 1.54) is 0 Å². The quantitative estimate of drug-likeness (QED) is 0.456. The molecule has 2 aromatic heterocycles. The van der Waals surface area contributed by atoms with Gasteiger partial charge in [-0.15, -0.1) is 0 Å². The number of nitrogens with zero attached hydrogens (tertiary/aromatic N) is 4. The first kappa shape index (κ1) is 22.4. The van der Waals surface area contributed by atoms with Gasteiger partial charge in [0.15, 0.2) is 0 Å². The molecule has 166 valence electrons. The van der Waals surface area contributed by atoms with Gasteiger partial charge in [0.2, 0.25) is 5.78 Å². The maximum atomic E-state index is 13.0. The normalized spacial score (nSPS) is 14.2. The van der Waals surface area contributed by atoms with Crippen molar-refractivity contribution in [1.82, 2.24) is 14.9 Å². The molecular weight excluding hydrogens is 492 g/mol. The number of amides is 1. The zero-order valence-corrected chi connectivity index (χ0v) is 19.9. The van der Waals surface area contributed by atoms with Crippen molar-refractivity contribution in [2.45, 2.75) is 13.3 Å². The molecular formula is C24H24BrClN4O2. The van der Waals surface area contributed by atoms with Gasteiger partial charge < -0.3 is 9.80 Å². The molecule has 1 saturated heterocycles. The Balaban J connectivity index is 0.00000306. The van der Waals surface area contributed by atoms with E-state index in [0.29, 0.717) is 47.2 Å². The molecule has 8 heteroatoms. The molecule has 0 unspecified atom stereocenters. The molecule has 3 heterocycles. The Morgan fingerprint density at radius 2 is 1.84 bits per heavy atom. The van der Waals surface area contributed by atoms with Crippen LogP contribution in [0.1, 0.15) is 40.0 Å². The van der Waals surface area contributed by atoms with Crippen LogP contribution in [0.15, 0.2) is 59.2 Å². The summed E-state index contributed by atoms with van der Waals surface area (Å²) in [6.45, 7) is 4.37. The lowest BCUT2D eigenvalue weighted by molar-refractivity contribution is 0.0767. The molecule has 0 atom stereocenters. The first-order chi connectivity index (χ1) is 15.4. The Morgan fingerprint density at radius 3 is 2.66 bits per heavy atom. The number of rotatable bonds is 4. The van der Waals surface area contributed by atoms with E-state index in [4.69, 9.17) is 11.6 Å². The van der Waals surface area contributed by atoms with Gasteiger partial charge in [-0.2, -0.15) is 0 Å². The third-order valence-corrected chi connectivity index (χ3v) is 6.24. The van der Waals surface area contributed by atoms with Gasteiger partial charge >= 0.3 is 0 Å². The highest BCUT2D eigenvalue weighted by atomic mass is 79.9. The summed E-state index contributed by atoms with van der Waals surface area (Å²) in [4.78, 5) is 38.8. The summed E-state index contributed by atoms with van der Waals surface area (Å²) in [6.07, 6.45) is 2.47. The van der Waals surface area contributed by atoms with Crippen LogP contribution in [0.3, 0.4) is 0 Å². The van der Waals surface area contributed by atoms with E-state index in [2.05, 4.69) is 30.8 Å². The summed E-state index contributed by atoms with van der Waals surface area (Å²) in [7, 11) is 0. The third kappa shape index (κ3) is 4.84.